The fourth-order valence-electron chi connectivity index (χ4n) is 6.02. The maximum atomic E-state index is 5.19. The van der Waals surface area contributed by atoms with Crippen LogP contribution >= 0.6 is 11.3 Å². The third-order valence-corrected chi connectivity index (χ3v) is 9.46. The molecule has 0 radical (unpaired) electrons. The molecule has 47 heavy (non-hydrogen) atoms. The van der Waals surface area contributed by atoms with E-state index in [4.69, 9.17) is 24.9 Å². The van der Waals surface area contributed by atoms with Gasteiger partial charge in [-0.05, 0) is 41.5 Å². The van der Waals surface area contributed by atoms with E-state index in [1.165, 1.54) is 4.70 Å². The summed E-state index contributed by atoms with van der Waals surface area (Å²) in [5.74, 6) is 1.93. The highest BCUT2D eigenvalue weighted by Gasteiger charge is 2.16. The summed E-state index contributed by atoms with van der Waals surface area (Å²) in [6.07, 6.45) is 0. The predicted molar refractivity (Wildman–Crippen MR) is 193 cm³/mol. The summed E-state index contributed by atoms with van der Waals surface area (Å²) in [6, 6.07) is 51.7. The number of pyridine rings is 2. The summed E-state index contributed by atoms with van der Waals surface area (Å²) < 4.78 is 2.36. The van der Waals surface area contributed by atoms with E-state index in [0.29, 0.717) is 17.5 Å². The first kappa shape index (κ1) is 27.2. The second-order valence-electron chi connectivity index (χ2n) is 11.3. The van der Waals surface area contributed by atoms with Gasteiger partial charge in [0.1, 0.15) is 0 Å². The topological polar surface area (TPSA) is 64.5 Å². The third-order valence-electron chi connectivity index (χ3n) is 8.36. The van der Waals surface area contributed by atoms with Crippen LogP contribution in [-0.4, -0.2) is 24.9 Å². The van der Waals surface area contributed by atoms with Crippen LogP contribution in [0.4, 0.5) is 0 Å². The second-order valence-corrected chi connectivity index (χ2v) is 12.4. The van der Waals surface area contributed by atoms with Crippen molar-refractivity contribution in [2.24, 2.45) is 0 Å². The number of nitrogens with zero attached hydrogens (tertiary/aromatic N) is 5. The van der Waals surface area contributed by atoms with E-state index in [9.17, 15) is 0 Å². The van der Waals surface area contributed by atoms with Gasteiger partial charge in [0.05, 0.1) is 27.1 Å². The van der Waals surface area contributed by atoms with Gasteiger partial charge < -0.3 is 0 Å². The van der Waals surface area contributed by atoms with Crippen molar-refractivity contribution in [2.45, 2.75) is 0 Å². The quantitative estimate of drug-likeness (QED) is 0.192. The van der Waals surface area contributed by atoms with Gasteiger partial charge in [-0.25, -0.2) is 24.9 Å². The number of aromatic nitrogens is 5. The van der Waals surface area contributed by atoms with Gasteiger partial charge in [-0.3, -0.25) is 0 Å². The Morgan fingerprint density at radius 2 is 0.936 bits per heavy atom. The van der Waals surface area contributed by atoms with E-state index in [-0.39, 0.29) is 0 Å². The van der Waals surface area contributed by atoms with Gasteiger partial charge in [0.2, 0.25) is 0 Å². The van der Waals surface area contributed by atoms with Crippen molar-refractivity contribution in [1.82, 2.24) is 24.9 Å². The maximum absolute atomic E-state index is 5.19. The van der Waals surface area contributed by atoms with Crippen LogP contribution in [0.1, 0.15) is 0 Å². The predicted octanol–water partition coefficient (Wildman–Crippen LogP) is 10.5. The molecule has 0 aliphatic heterocycles. The number of para-hydroxylation sites is 1. The molecule has 9 aromatic rings. The van der Waals surface area contributed by atoms with E-state index in [1.54, 1.807) is 11.3 Å². The van der Waals surface area contributed by atoms with Gasteiger partial charge in [0.15, 0.2) is 17.5 Å². The van der Waals surface area contributed by atoms with Crippen LogP contribution < -0.4 is 0 Å². The van der Waals surface area contributed by atoms with E-state index in [1.807, 2.05) is 78.9 Å². The lowest BCUT2D eigenvalue weighted by Gasteiger charge is -2.10. The van der Waals surface area contributed by atoms with Crippen molar-refractivity contribution in [1.29, 1.82) is 0 Å². The van der Waals surface area contributed by atoms with Crippen LogP contribution in [0.3, 0.4) is 0 Å². The zero-order valence-corrected chi connectivity index (χ0v) is 25.9. The van der Waals surface area contributed by atoms with Crippen molar-refractivity contribution in [3.8, 4) is 56.7 Å². The molecule has 6 heteroatoms. The Balaban J connectivity index is 1.13. The van der Waals surface area contributed by atoms with Crippen LogP contribution in [-0.2, 0) is 0 Å². The number of rotatable bonds is 5. The van der Waals surface area contributed by atoms with E-state index in [0.717, 1.165) is 65.7 Å². The Morgan fingerprint density at radius 3 is 1.64 bits per heavy atom. The minimum atomic E-state index is 0.637. The highest BCUT2D eigenvalue weighted by Crippen LogP contribution is 2.40. The molecule has 0 unspecified atom stereocenters. The van der Waals surface area contributed by atoms with Crippen LogP contribution in [0.2, 0.25) is 0 Å². The fourth-order valence-corrected chi connectivity index (χ4v) is 7.09. The first-order valence-corrected chi connectivity index (χ1v) is 16.2. The van der Waals surface area contributed by atoms with Crippen LogP contribution in [0, 0.1) is 0 Å². The first-order valence-electron chi connectivity index (χ1n) is 15.4. The van der Waals surface area contributed by atoms with Gasteiger partial charge in [-0.2, -0.15) is 0 Å². The lowest BCUT2D eigenvalue weighted by atomic mass is 9.99. The summed E-state index contributed by atoms with van der Waals surface area (Å²) in [5, 5.41) is 2.27. The number of hydrogen-bond donors (Lipinski definition) is 0. The van der Waals surface area contributed by atoms with Crippen molar-refractivity contribution >= 4 is 42.5 Å². The van der Waals surface area contributed by atoms with Crippen molar-refractivity contribution in [3.63, 3.8) is 0 Å². The van der Waals surface area contributed by atoms with Crippen molar-refractivity contribution in [2.75, 3.05) is 0 Å². The Morgan fingerprint density at radius 1 is 0.362 bits per heavy atom. The molecule has 4 aromatic heterocycles. The summed E-state index contributed by atoms with van der Waals surface area (Å²) in [7, 11) is 0. The monoisotopic (exact) mass is 619 g/mol. The Kier molecular flexibility index (Phi) is 6.58. The molecule has 0 aliphatic rings. The van der Waals surface area contributed by atoms with Crippen LogP contribution in [0.15, 0.2) is 152 Å². The lowest BCUT2D eigenvalue weighted by molar-refractivity contribution is 1.07. The Bertz CT molecular complexity index is 2500. The molecule has 4 heterocycles. The standard InChI is InChI=1S/C41H25N5S/c1-3-11-28(12-4-1)39-44-40(29-13-5-2-6-14-29)46-41(45-39)30-20-18-26(19-21-30)31-15-9-17-35-37(31)38-36(47-35)25-24-34(43-38)33-23-22-27-10-7-8-16-32(27)42-33/h1-25H. The normalized spacial score (nSPS) is 11.4. The molecule has 0 spiro atoms. The highest BCUT2D eigenvalue weighted by atomic mass is 32.1. The average Bonchev–Trinajstić information content (AvgIpc) is 3.53. The zero-order chi connectivity index (χ0) is 31.2. The third kappa shape index (κ3) is 5.01. The highest BCUT2D eigenvalue weighted by molar-refractivity contribution is 7.25. The van der Waals surface area contributed by atoms with Gasteiger partial charge in [-0.15, -0.1) is 11.3 Å². The van der Waals surface area contributed by atoms with E-state index < -0.39 is 0 Å². The molecule has 0 aliphatic carbocycles. The molecule has 0 N–H and O–H groups in total. The summed E-state index contributed by atoms with van der Waals surface area (Å²) >= 11 is 1.77. The molecule has 0 saturated heterocycles. The molecule has 5 aromatic carbocycles. The summed E-state index contributed by atoms with van der Waals surface area (Å²) in [4.78, 5) is 24.7. The first-order chi connectivity index (χ1) is 23.3. The number of fused-ring (bicyclic) bond motifs is 4. The Hall–Kier alpha value is -6.11. The van der Waals surface area contributed by atoms with Crippen molar-refractivity contribution in [3.05, 3.63) is 152 Å². The molecule has 0 amide bonds. The Labute approximate surface area is 275 Å². The SMILES string of the molecule is c1ccc(-c2nc(-c3ccccc3)nc(-c3ccc(-c4cccc5sc6ccc(-c7ccc8ccccc8n7)nc6c45)cc3)n2)cc1. The molecule has 0 saturated carbocycles. The largest absolute Gasteiger partial charge is 0.246 e. The van der Waals surface area contributed by atoms with Crippen LogP contribution in [0.25, 0.3) is 87.9 Å². The van der Waals surface area contributed by atoms with Gasteiger partial charge in [0, 0.05) is 32.2 Å². The fraction of sp³-hybridized carbons (Fsp3) is 0. The lowest BCUT2D eigenvalue weighted by Crippen LogP contribution is -2.00. The van der Waals surface area contributed by atoms with Gasteiger partial charge in [-0.1, -0.05) is 121 Å². The molecule has 220 valence electrons. The minimum absolute atomic E-state index is 0.637. The molecule has 0 fully saturated rings. The van der Waals surface area contributed by atoms with E-state index in [2.05, 4.69) is 72.8 Å². The molecule has 9 rings (SSSR count). The molecular formula is C41H25N5S. The maximum Gasteiger partial charge on any atom is 0.164 e. The smallest absolute Gasteiger partial charge is 0.164 e. The number of thiophene rings is 1. The second kappa shape index (κ2) is 11.4. The minimum Gasteiger partial charge on any atom is -0.246 e. The summed E-state index contributed by atoms with van der Waals surface area (Å²) in [5.41, 5.74) is 8.77. The average molecular weight is 620 g/mol. The van der Waals surface area contributed by atoms with Crippen LogP contribution in [0.5, 0.6) is 0 Å². The summed E-state index contributed by atoms with van der Waals surface area (Å²) in [6.45, 7) is 0. The van der Waals surface area contributed by atoms with Gasteiger partial charge >= 0.3 is 0 Å². The number of benzene rings is 5. The molecular weight excluding hydrogens is 595 g/mol. The van der Waals surface area contributed by atoms with Gasteiger partial charge in [0.25, 0.3) is 0 Å². The zero-order valence-electron chi connectivity index (χ0n) is 25.1. The van der Waals surface area contributed by atoms with E-state index >= 15 is 0 Å². The molecule has 5 nitrogen and oxygen atoms in total. The van der Waals surface area contributed by atoms with Crippen molar-refractivity contribution < 1.29 is 0 Å². The number of hydrogen-bond acceptors (Lipinski definition) is 6. The molecule has 0 bridgehead atoms. The molecule has 0 atom stereocenters.